The fourth-order valence-electron chi connectivity index (χ4n) is 1.87. The zero-order valence-corrected chi connectivity index (χ0v) is 13.7. The summed E-state index contributed by atoms with van der Waals surface area (Å²) in [5.41, 5.74) is 1.18. The van der Waals surface area contributed by atoms with Gasteiger partial charge in [0, 0.05) is 11.3 Å². The molecule has 2 aromatic rings. The van der Waals surface area contributed by atoms with E-state index in [9.17, 15) is 4.79 Å². The first kappa shape index (κ1) is 15.1. The minimum absolute atomic E-state index is 0.0870. The molecule has 1 N–H and O–H groups in total. The van der Waals surface area contributed by atoms with Gasteiger partial charge in [-0.3, -0.25) is 10.1 Å². The van der Waals surface area contributed by atoms with E-state index in [1.807, 2.05) is 13.0 Å². The van der Waals surface area contributed by atoms with Gasteiger partial charge >= 0.3 is 0 Å². The molecule has 1 amide bonds. The summed E-state index contributed by atoms with van der Waals surface area (Å²) >= 11 is 3.01. The fraction of sp³-hybridized carbons (Fsp3) is 0.500. The molecule has 0 aliphatic carbocycles. The summed E-state index contributed by atoms with van der Waals surface area (Å²) in [5, 5.41) is 12.5. The van der Waals surface area contributed by atoms with Crippen molar-refractivity contribution in [2.24, 2.45) is 0 Å². The van der Waals surface area contributed by atoms with E-state index in [4.69, 9.17) is 0 Å². The van der Waals surface area contributed by atoms with E-state index < -0.39 is 0 Å². The van der Waals surface area contributed by atoms with E-state index in [0.29, 0.717) is 5.13 Å². The van der Waals surface area contributed by atoms with Crippen molar-refractivity contribution in [3.63, 3.8) is 0 Å². The Balaban J connectivity index is 2.01. The van der Waals surface area contributed by atoms with Crippen molar-refractivity contribution in [3.05, 3.63) is 26.4 Å². The molecule has 0 aliphatic rings. The molecule has 0 radical (unpaired) electrons. The Bertz CT molecular complexity index is 589. The van der Waals surface area contributed by atoms with Crippen molar-refractivity contribution in [2.75, 3.05) is 5.32 Å². The number of anilines is 1. The predicted octanol–water partition coefficient (Wildman–Crippen LogP) is 4.07. The average Bonchev–Trinajstić information content (AvgIpc) is 3.03. The van der Waals surface area contributed by atoms with Crippen LogP contribution in [0.3, 0.4) is 0 Å². The van der Waals surface area contributed by atoms with Crippen LogP contribution in [0.15, 0.2) is 6.07 Å². The third kappa shape index (κ3) is 3.64. The number of nitrogens with zero attached hydrogens (tertiary/aromatic N) is 2. The Morgan fingerprint density at radius 1 is 1.30 bits per heavy atom. The van der Waals surface area contributed by atoms with Gasteiger partial charge in [-0.1, -0.05) is 31.6 Å². The molecule has 0 fully saturated rings. The highest BCUT2D eigenvalue weighted by molar-refractivity contribution is 7.16. The maximum absolute atomic E-state index is 12.2. The van der Waals surface area contributed by atoms with Crippen molar-refractivity contribution in [1.29, 1.82) is 0 Å². The lowest BCUT2D eigenvalue weighted by atomic mass is 10.2. The van der Waals surface area contributed by atoms with Crippen molar-refractivity contribution in [2.45, 2.75) is 46.5 Å². The molecule has 2 aromatic heterocycles. The molecule has 108 valence electrons. The van der Waals surface area contributed by atoms with Crippen LogP contribution in [-0.2, 0) is 12.8 Å². The molecule has 0 saturated heterocycles. The van der Waals surface area contributed by atoms with Gasteiger partial charge in [-0.05, 0) is 31.4 Å². The first-order chi connectivity index (χ1) is 9.63. The van der Waals surface area contributed by atoms with Gasteiger partial charge in [0.1, 0.15) is 5.01 Å². The second-order valence-electron chi connectivity index (χ2n) is 4.63. The second-order valence-corrected chi connectivity index (χ2v) is 6.83. The maximum atomic E-state index is 12.2. The molecular formula is C14H19N3OS2. The number of hydrogen-bond acceptors (Lipinski definition) is 5. The van der Waals surface area contributed by atoms with E-state index in [-0.39, 0.29) is 5.91 Å². The number of aryl methyl sites for hydroxylation is 3. The predicted molar refractivity (Wildman–Crippen MR) is 84.9 cm³/mol. The number of amides is 1. The summed E-state index contributed by atoms with van der Waals surface area (Å²) in [5.74, 6) is -0.0870. The van der Waals surface area contributed by atoms with Crippen LogP contribution in [0.25, 0.3) is 0 Å². The summed E-state index contributed by atoms with van der Waals surface area (Å²) in [6.45, 7) is 6.29. The number of aromatic nitrogens is 2. The van der Waals surface area contributed by atoms with Crippen molar-refractivity contribution >= 4 is 33.7 Å². The highest BCUT2D eigenvalue weighted by Crippen LogP contribution is 2.24. The Hall–Kier alpha value is -1.27. The van der Waals surface area contributed by atoms with Crippen molar-refractivity contribution < 1.29 is 4.79 Å². The van der Waals surface area contributed by atoms with E-state index >= 15 is 0 Å². The van der Waals surface area contributed by atoms with Gasteiger partial charge in [0.25, 0.3) is 5.91 Å². The van der Waals surface area contributed by atoms with E-state index in [2.05, 4.69) is 29.4 Å². The zero-order chi connectivity index (χ0) is 14.5. The van der Waals surface area contributed by atoms with Gasteiger partial charge in [-0.2, -0.15) is 0 Å². The normalized spacial score (nSPS) is 10.8. The van der Waals surface area contributed by atoms with Gasteiger partial charge < -0.3 is 0 Å². The summed E-state index contributed by atoms with van der Waals surface area (Å²) < 4.78 is 0. The van der Waals surface area contributed by atoms with Gasteiger partial charge in [-0.15, -0.1) is 21.5 Å². The molecule has 0 spiro atoms. The number of unbranched alkanes of at least 4 members (excludes halogenated alkanes) is 1. The molecule has 2 heterocycles. The van der Waals surface area contributed by atoms with Crippen molar-refractivity contribution in [3.8, 4) is 0 Å². The molecule has 0 bridgehead atoms. The second kappa shape index (κ2) is 6.95. The lowest BCUT2D eigenvalue weighted by molar-refractivity contribution is 0.103. The van der Waals surface area contributed by atoms with Gasteiger partial charge in [0.2, 0.25) is 5.13 Å². The zero-order valence-electron chi connectivity index (χ0n) is 12.0. The minimum atomic E-state index is -0.0870. The third-order valence-corrected chi connectivity index (χ3v) is 5.28. The van der Waals surface area contributed by atoms with Gasteiger partial charge in [0.05, 0.1) is 4.88 Å². The lowest BCUT2D eigenvalue weighted by Crippen LogP contribution is -2.09. The Morgan fingerprint density at radius 2 is 2.10 bits per heavy atom. The number of thiophene rings is 1. The molecule has 0 aliphatic heterocycles. The van der Waals surface area contributed by atoms with Crippen molar-refractivity contribution in [1.82, 2.24) is 10.2 Å². The molecule has 0 unspecified atom stereocenters. The number of rotatable bonds is 6. The lowest BCUT2D eigenvalue weighted by Gasteiger charge is -1.96. The fourth-order valence-corrected chi connectivity index (χ4v) is 3.66. The minimum Gasteiger partial charge on any atom is -0.296 e. The summed E-state index contributed by atoms with van der Waals surface area (Å²) in [4.78, 5) is 14.2. The van der Waals surface area contributed by atoms with Crippen LogP contribution in [0.5, 0.6) is 0 Å². The number of hydrogen-bond donors (Lipinski definition) is 1. The van der Waals surface area contributed by atoms with Gasteiger partial charge in [-0.25, -0.2) is 0 Å². The molecule has 2 rings (SSSR count). The number of nitrogens with one attached hydrogen (secondary N) is 1. The van der Waals surface area contributed by atoms with E-state index in [0.717, 1.165) is 35.6 Å². The molecule has 0 atom stereocenters. The van der Waals surface area contributed by atoms with Gasteiger partial charge in [0.15, 0.2) is 0 Å². The van der Waals surface area contributed by atoms with Crippen LogP contribution in [0.2, 0.25) is 0 Å². The Morgan fingerprint density at radius 3 is 2.75 bits per heavy atom. The molecule has 4 nitrogen and oxygen atoms in total. The average molecular weight is 309 g/mol. The summed E-state index contributed by atoms with van der Waals surface area (Å²) in [6, 6.07) is 1.94. The largest absolute Gasteiger partial charge is 0.296 e. The third-order valence-electron chi connectivity index (χ3n) is 3.00. The first-order valence-electron chi connectivity index (χ1n) is 6.87. The van der Waals surface area contributed by atoms with Crippen LogP contribution in [0.4, 0.5) is 5.13 Å². The van der Waals surface area contributed by atoms with Crippen LogP contribution in [-0.4, -0.2) is 16.1 Å². The van der Waals surface area contributed by atoms with Crippen LogP contribution >= 0.6 is 22.7 Å². The van der Waals surface area contributed by atoms with E-state index in [1.54, 1.807) is 11.3 Å². The number of carbonyl (C=O) groups excluding carboxylic acids is 1. The highest BCUT2D eigenvalue weighted by Gasteiger charge is 2.14. The smallest absolute Gasteiger partial charge is 0.267 e. The molecule has 0 saturated carbocycles. The molecule has 0 aromatic carbocycles. The number of carbonyl (C=O) groups is 1. The SMILES string of the molecule is CCCCc1nnc(NC(=O)c2cc(C)c(CC)s2)s1. The monoisotopic (exact) mass is 309 g/mol. The highest BCUT2D eigenvalue weighted by atomic mass is 32.1. The molecule has 20 heavy (non-hydrogen) atoms. The van der Waals surface area contributed by atoms with Crippen LogP contribution < -0.4 is 5.32 Å². The standard InChI is InChI=1S/C14H19N3OS2/c1-4-6-7-12-16-17-14(20-12)15-13(18)11-8-9(3)10(5-2)19-11/h8H,4-7H2,1-3H3,(H,15,17,18). The topological polar surface area (TPSA) is 54.9 Å². The molecule has 6 heteroatoms. The quantitative estimate of drug-likeness (QED) is 0.875. The van der Waals surface area contributed by atoms with Crippen LogP contribution in [0, 0.1) is 6.92 Å². The first-order valence-corrected chi connectivity index (χ1v) is 8.50. The Labute approximate surface area is 127 Å². The van der Waals surface area contributed by atoms with Crippen LogP contribution in [0.1, 0.15) is 51.8 Å². The summed E-state index contributed by atoms with van der Waals surface area (Å²) in [7, 11) is 0. The summed E-state index contributed by atoms with van der Waals surface area (Å²) in [6.07, 6.45) is 4.13. The Kier molecular flexibility index (Phi) is 5.25. The molecular weight excluding hydrogens is 290 g/mol. The maximum Gasteiger partial charge on any atom is 0.267 e. The van der Waals surface area contributed by atoms with E-state index in [1.165, 1.54) is 21.8 Å².